The Kier molecular flexibility index (Phi) is 8.89. The van der Waals surface area contributed by atoms with E-state index in [1.807, 2.05) is 13.8 Å². The van der Waals surface area contributed by atoms with Crippen molar-refractivity contribution in [3.63, 3.8) is 0 Å². The van der Waals surface area contributed by atoms with Crippen LogP contribution in [0.25, 0.3) is 6.20 Å². The quantitative estimate of drug-likeness (QED) is 0.270. The van der Waals surface area contributed by atoms with Gasteiger partial charge in [0.25, 0.3) is 0 Å². The third kappa shape index (κ3) is 5.95. The van der Waals surface area contributed by atoms with Crippen LogP contribution in [0.3, 0.4) is 0 Å². The summed E-state index contributed by atoms with van der Waals surface area (Å²) in [6.45, 7) is 9.13. The van der Waals surface area contributed by atoms with Gasteiger partial charge in [0.05, 0.1) is 56.3 Å². The third-order valence-corrected chi connectivity index (χ3v) is 6.85. The predicted octanol–water partition coefficient (Wildman–Crippen LogP) is 0.147. The van der Waals surface area contributed by atoms with E-state index < -0.39 is 29.0 Å². The van der Waals surface area contributed by atoms with Crippen LogP contribution in [0.5, 0.6) is 0 Å². The number of hydrogen-bond acceptors (Lipinski definition) is 9. The summed E-state index contributed by atoms with van der Waals surface area (Å²) in [6.07, 6.45) is 2.07. The Morgan fingerprint density at radius 1 is 0.861 bits per heavy atom. The lowest BCUT2D eigenvalue weighted by Crippen LogP contribution is -2.53. The molecule has 1 aromatic heterocycles. The molecule has 12 nitrogen and oxygen atoms in total. The molecule has 0 saturated carbocycles. The van der Waals surface area contributed by atoms with Gasteiger partial charge in [-0.25, -0.2) is 28.1 Å². The standard InChI is InChI=1S/C24H33N3O9/c1-4-9-25-20(30)26(10-7-18(28)35-16-23(5-2)12-33-13-23)22(32)27(21(25)31)11-8-19(29)36-17-24(6-3)14-34-15-24/h9H,1,5-8,10-17H2,2-3H3. The lowest BCUT2D eigenvalue weighted by molar-refractivity contribution is -0.171. The monoisotopic (exact) mass is 507 g/mol. The molecule has 0 bridgehead atoms. The molecule has 36 heavy (non-hydrogen) atoms. The first-order valence-corrected chi connectivity index (χ1v) is 12.0. The summed E-state index contributed by atoms with van der Waals surface area (Å²) in [5.41, 5.74) is -0.883. The first-order chi connectivity index (χ1) is 17.2. The highest BCUT2D eigenvalue weighted by Gasteiger charge is 2.39. The molecule has 3 heterocycles. The van der Waals surface area contributed by atoms with Crippen LogP contribution in [0, 0.1) is 10.8 Å². The molecule has 12 heteroatoms. The van der Waals surface area contributed by atoms with Crippen LogP contribution in [0.2, 0.25) is 0 Å². The van der Waals surface area contributed by atoms with Crippen LogP contribution in [0.15, 0.2) is 26.7 Å². The van der Waals surface area contributed by atoms with Crippen LogP contribution in [0.1, 0.15) is 39.5 Å². The Balaban J connectivity index is 1.69. The Labute approximate surface area is 207 Å². The van der Waals surface area contributed by atoms with E-state index in [1.165, 1.54) is 0 Å². The highest BCUT2D eigenvalue weighted by molar-refractivity contribution is 5.69. The second kappa shape index (κ2) is 11.7. The van der Waals surface area contributed by atoms with E-state index in [0.717, 1.165) is 28.2 Å². The molecule has 2 aliphatic rings. The van der Waals surface area contributed by atoms with Crippen molar-refractivity contribution < 1.29 is 28.5 Å². The zero-order valence-electron chi connectivity index (χ0n) is 20.8. The number of hydrogen-bond donors (Lipinski definition) is 0. The first kappa shape index (κ1) is 27.4. The van der Waals surface area contributed by atoms with Gasteiger partial charge in [0.15, 0.2) is 0 Å². The van der Waals surface area contributed by atoms with Crippen molar-refractivity contribution in [3.05, 3.63) is 43.8 Å². The molecular formula is C24H33N3O9. The number of nitrogens with zero attached hydrogens (tertiary/aromatic N) is 3. The minimum Gasteiger partial charge on any atom is -0.465 e. The van der Waals surface area contributed by atoms with Gasteiger partial charge < -0.3 is 18.9 Å². The van der Waals surface area contributed by atoms with Crippen molar-refractivity contribution in [2.24, 2.45) is 10.8 Å². The fourth-order valence-electron chi connectivity index (χ4n) is 3.81. The molecule has 2 aliphatic heterocycles. The van der Waals surface area contributed by atoms with E-state index in [2.05, 4.69) is 12.3 Å². The van der Waals surface area contributed by atoms with Crippen LogP contribution in [0.4, 0.5) is 0 Å². The largest absolute Gasteiger partial charge is 0.465 e. The molecule has 1 aromatic rings. The molecular weight excluding hydrogens is 474 g/mol. The van der Waals surface area contributed by atoms with E-state index in [9.17, 15) is 24.0 Å². The van der Waals surface area contributed by atoms with Crippen molar-refractivity contribution in [2.45, 2.75) is 52.6 Å². The molecule has 0 spiro atoms. The van der Waals surface area contributed by atoms with Crippen LogP contribution in [-0.4, -0.2) is 65.3 Å². The third-order valence-electron chi connectivity index (χ3n) is 6.85. The van der Waals surface area contributed by atoms with Gasteiger partial charge >= 0.3 is 29.0 Å². The van der Waals surface area contributed by atoms with Crippen molar-refractivity contribution in [3.8, 4) is 0 Å². The molecule has 0 atom stereocenters. The fourth-order valence-corrected chi connectivity index (χ4v) is 3.81. The maximum Gasteiger partial charge on any atom is 0.341 e. The lowest BCUT2D eigenvalue weighted by Gasteiger charge is -2.39. The predicted molar refractivity (Wildman–Crippen MR) is 127 cm³/mol. The fraction of sp³-hybridized carbons (Fsp3) is 0.667. The maximum atomic E-state index is 13.0. The summed E-state index contributed by atoms with van der Waals surface area (Å²) in [4.78, 5) is 63.0. The summed E-state index contributed by atoms with van der Waals surface area (Å²) in [7, 11) is 0. The average molecular weight is 508 g/mol. The minimum absolute atomic E-state index is 0.188. The van der Waals surface area contributed by atoms with Crippen LogP contribution in [-0.2, 0) is 41.6 Å². The number of esters is 2. The van der Waals surface area contributed by atoms with Gasteiger partial charge in [0.2, 0.25) is 0 Å². The maximum absolute atomic E-state index is 13.0. The van der Waals surface area contributed by atoms with Crippen LogP contribution >= 0.6 is 0 Å². The Morgan fingerprint density at radius 3 is 1.58 bits per heavy atom. The molecule has 3 rings (SSSR count). The zero-order chi connectivity index (χ0) is 26.3. The molecule has 0 aromatic carbocycles. The van der Waals surface area contributed by atoms with Gasteiger partial charge in [-0.1, -0.05) is 20.4 Å². The molecule has 0 N–H and O–H groups in total. The minimum atomic E-state index is -0.944. The van der Waals surface area contributed by atoms with Crippen molar-refractivity contribution in [2.75, 3.05) is 39.6 Å². The van der Waals surface area contributed by atoms with Crippen molar-refractivity contribution >= 4 is 18.1 Å². The SMILES string of the molecule is C=C=Cn1c(=O)n(CCC(=O)OCC2(CC)COC2)c(=O)n(CCC(=O)OCC2(CC)COC2)c1=O. The van der Waals surface area contributed by atoms with Gasteiger partial charge in [-0.05, 0) is 12.8 Å². The molecule has 0 aliphatic carbocycles. The Hall–Kier alpha value is -3.21. The van der Waals surface area contributed by atoms with E-state index in [0.29, 0.717) is 31.0 Å². The van der Waals surface area contributed by atoms with E-state index in [-0.39, 0.29) is 50.0 Å². The number of carbonyl (C=O) groups is 2. The van der Waals surface area contributed by atoms with E-state index in [4.69, 9.17) is 18.9 Å². The summed E-state index contributed by atoms with van der Waals surface area (Å²) >= 11 is 0. The second-order valence-electron chi connectivity index (χ2n) is 9.37. The van der Waals surface area contributed by atoms with Crippen molar-refractivity contribution in [1.29, 1.82) is 0 Å². The highest BCUT2D eigenvalue weighted by Crippen LogP contribution is 2.32. The van der Waals surface area contributed by atoms with E-state index in [1.54, 1.807) is 0 Å². The number of aromatic nitrogens is 3. The summed E-state index contributed by atoms with van der Waals surface area (Å²) in [5.74, 6) is -1.17. The summed E-state index contributed by atoms with van der Waals surface area (Å²) < 4.78 is 23.2. The molecule has 2 fully saturated rings. The molecule has 198 valence electrons. The van der Waals surface area contributed by atoms with Gasteiger partial charge in [-0.3, -0.25) is 9.59 Å². The number of rotatable bonds is 13. The number of ether oxygens (including phenoxy) is 4. The lowest BCUT2D eigenvalue weighted by atomic mass is 9.84. The molecule has 0 radical (unpaired) electrons. The second-order valence-corrected chi connectivity index (χ2v) is 9.37. The Morgan fingerprint density at radius 2 is 1.28 bits per heavy atom. The average Bonchev–Trinajstić information content (AvgIpc) is 2.81. The number of carbonyl (C=O) groups excluding carboxylic acids is 2. The summed E-state index contributed by atoms with van der Waals surface area (Å²) in [5, 5.41) is 0. The van der Waals surface area contributed by atoms with Gasteiger partial charge in [-0.2, -0.15) is 0 Å². The highest BCUT2D eigenvalue weighted by atomic mass is 16.6. The Bertz CT molecular complexity index is 1100. The summed E-state index contributed by atoms with van der Waals surface area (Å²) in [6, 6.07) is 0. The molecule has 0 amide bonds. The van der Waals surface area contributed by atoms with Gasteiger partial charge in [-0.15, -0.1) is 5.73 Å². The smallest absolute Gasteiger partial charge is 0.341 e. The van der Waals surface area contributed by atoms with Gasteiger partial charge in [0, 0.05) is 13.1 Å². The first-order valence-electron chi connectivity index (χ1n) is 12.0. The van der Waals surface area contributed by atoms with Gasteiger partial charge in [0.1, 0.15) is 13.2 Å². The molecule has 2 saturated heterocycles. The van der Waals surface area contributed by atoms with Crippen molar-refractivity contribution in [1.82, 2.24) is 13.7 Å². The normalized spacial score (nSPS) is 17.3. The molecule has 0 unspecified atom stereocenters. The topological polar surface area (TPSA) is 137 Å². The van der Waals surface area contributed by atoms with E-state index >= 15 is 0 Å². The van der Waals surface area contributed by atoms with Crippen LogP contribution < -0.4 is 17.1 Å². The zero-order valence-corrected chi connectivity index (χ0v) is 20.8.